The van der Waals surface area contributed by atoms with Crippen molar-refractivity contribution in [3.8, 4) is 0 Å². The minimum absolute atomic E-state index is 0.125. The van der Waals surface area contributed by atoms with E-state index in [1.54, 1.807) is 6.92 Å². The standard InChI is InChI=1S/C14H30N2O2S/c1-5-8-13-11-15-14(4,6-2)12-16(13)9-10-19(17,18)7-3/h13,15H,5-12H2,1-4H3. The zero-order valence-electron chi connectivity index (χ0n) is 12.9. The lowest BCUT2D eigenvalue weighted by Gasteiger charge is -2.46. The average Bonchev–Trinajstić information content (AvgIpc) is 2.39. The van der Waals surface area contributed by atoms with Crippen molar-refractivity contribution in [1.82, 2.24) is 10.2 Å². The van der Waals surface area contributed by atoms with Crippen LogP contribution in [0.15, 0.2) is 0 Å². The highest BCUT2D eigenvalue weighted by atomic mass is 32.2. The number of hydrogen-bond acceptors (Lipinski definition) is 4. The Morgan fingerprint density at radius 3 is 2.53 bits per heavy atom. The molecule has 19 heavy (non-hydrogen) atoms. The Bertz CT molecular complexity index is 370. The van der Waals surface area contributed by atoms with Gasteiger partial charge in [0.05, 0.1) is 5.75 Å². The normalized spacial score (nSPS) is 29.6. The molecular formula is C14H30N2O2S. The predicted molar refractivity (Wildman–Crippen MR) is 81.3 cm³/mol. The molecule has 0 bridgehead atoms. The van der Waals surface area contributed by atoms with Crippen molar-refractivity contribution in [2.75, 3.05) is 31.1 Å². The summed E-state index contributed by atoms with van der Waals surface area (Å²) in [6.07, 6.45) is 3.36. The molecule has 1 saturated heterocycles. The van der Waals surface area contributed by atoms with Crippen LogP contribution in [0.2, 0.25) is 0 Å². The molecule has 2 atom stereocenters. The SMILES string of the molecule is CCCC1CNC(C)(CC)CN1CCS(=O)(=O)CC. The number of sulfone groups is 1. The van der Waals surface area contributed by atoms with E-state index in [-0.39, 0.29) is 11.3 Å². The Morgan fingerprint density at radius 1 is 1.32 bits per heavy atom. The molecule has 0 radical (unpaired) electrons. The van der Waals surface area contributed by atoms with Gasteiger partial charge in [-0.15, -0.1) is 0 Å². The van der Waals surface area contributed by atoms with Crippen LogP contribution in [0.4, 0.5) is 0 Å². The summed E-state index contributed by atoms with van der Waals surface area (Å²) in [5.41, 5.74) is 0.125. The lowest BCUT2D eigenvalue weighted by atomic mass is 9.92. The summed E-state index contributed by atoms with van der Waals surface area (Å²) in [5.74, 6) is 0.548. The van der Waals surface area contributed by atoms with Crippen molar-refractivity contribution in [3.63, 3.8) is 0 Å². The van der Waals surface area contributed by atoms with Gasteiger partial charge in [-0.3, -0.25) is 4.90 Å². The summed E-state index contributed by atoms with van der Waals surface area (Å²) < 4.78 is 23.4. The second kappa shape index (κ2) is 7.04. The van der Waals surface area contributed by atoms with Crippen LogP contribution in [0, 0.1) is 0 Å². The molecule has 1 fully saturated rings. The first-order valence-corrected chi connectivity index (χ1v) is 9.37. The van der Waals surface area contributed by atoms with E-state index < -0.39 is 9.84 Å². The van der Waals surface area contributed by atoms with Gasteiger partial charge in [0.15, 0.2) is 9.84 Å². The Labute approximate surface area is 118 Å². The van der Waals surface area contributed by atoms with Crippen molar-refractivity contribution in [3.05, 3.63) is 0 Å². The van der Waals surface area contributed by atoms with Crippen molar-refractivity contribution in [1.29, 1.82) is 0 Å². The van der Waals surface area contributed by atoms with Crippen molar-refractivity contribution >= 4 is 9.84 Å². The maximum Gasteiger partial charge on any atom is 0.151 e. The highest BCUT2D eigenvalue weighted by Crippen LogP contribution is 2.21. The quantitative estimate of drug-likeness (QED) is 0.775. The van der Waals surface area contributed by atoms with E-state index in [1.165, 1.54) is 0 Å². The van der Waals surface area contributed by atoms with Crippen LogP contribution < -0.4 is 5.32 Å². The van der Waals surface area contributed by atoms with Crippen molar-refractivity contribution in [2.24, 2.45) is 0 Å². The van der Waals surface area contributed by atoms with Crippen LogP contribution in [0.3, 0.4) is 0 Å². The number of hydrogen-bond donors (Lipinski definition) is 1. The number of nitrogens with one attached hydrogen (secondary N) is 1. The maximum atomic E-state index is 11.7. The van der Waals surface area contributed by atoms with E-state index in [1.807, 2.05) is 0 Å². The first kappa shape index (κ1) is 16.9. The first-order chi connectivity index (χ1) is 8.86. The highest BCUT2D eigenvalue weighted by Gasteiger charge is 2.34. The van der Waals surface area contributed by atoms with Crippen LogP contribution in [0.25, 0.3) is 0 Å². The summed E-state index contributed by atoms with van der Waals surface area (Å²) >= 11 is 0. The molecule has 0 aromatic rings. The van der Waals surface area contributed by atoms with Gasteiger partial charge in [0.25, 0.3) is 0 Å². The minimum Gasteiger partial charge on any atom is -0.309 e. The van der Waals surface area contributed by atoms with Gasteiger partial charge in [0.1, 0.15) is 0 Å². The molecule has 0 spiro atoms. The molecule has 2 unspecified atom stereocenters. The van der Waals surface area contributed by atoms with Crippen LogP contribution in [-0.4, -0.2) is 56.0 Å². The van der Waals surface area contributed by atoms with Crippen molar-refractivity contribution < 1.29 is 8.42 Å². The Hall–Kier alpha value is -0.130. The van der Waals surface area contributed by atoms with Gasteiger partial charge in [-0.1, -0.05) is 27.2 Å². The van der Waals surface area contributed by atoms with Crippen molar-refractivity contribution in [2.45, 2.75) is 58.5 Å². The Balaban J connectivity index is 2.66. The third-order valence-electron chi connectivity index (χ3n) is 4.36. The van der Waals surface area contributed by atoms with E-state index >= 15 is 0 Å². The van der Waals surface area contributed by atoms with Gasteiger partial charge in [0, 0.05) is 37.0 Å². The maximum absolute atomic E-state index is 11.7. The zero-order valence-corrected chi connectivity index (χ0v) is 13.7. The van der Waals surface area contributed by atoms with E-state index in [0.29, 0.717) is 18.3 Å². The number of piperazine rings is 1. The minimum atomic E-state index is -2.86. The molecule has 4 nitrogen and oxygen atoms in total. The topological polar surface area (TPSA) is 49.4 Å². The van der Waals surface area contributed by atoms with Crippen LogP contribution in [0.1, 0.15) is 47.0 Å². The van der Waals surface area contributed by atoms with Gasteiger partial charge < -0.3 is 5.32 Å². The fourth-order valence-corrected chi connectivity index (χ4v) is 3.44. The molecule has 0 saturated carbocycles. The molecule has 1 aliphatic rings. The highest BCUT2D eigenvalue weighted by molar-refractivity contribution is 7.91. The molecule has 1 N–H and O–H groups in total. The summed E-state index contributed by atoms with van der Waals surface area (Å²) in [6, 6.07) is 0.483. The van der Waals surface area contributed by atoms with Gasteiger partial charge >= 0.3 is 0 Å². The fraction of sp³-hybridized carbons (Fsp3) is 1.00. The predicted octanol–water partition coefficient (Wildman–Crippen LogP) is 1.66. The number of nitrogens with zero attached hydrogens (tertiary/aromatic N) is 1. The molecule has 0 aromatic carbocycles. The third-order valence-corrected chi connectivity index (χ3v) is 6.05. The van der Waals surface area contributed by atoms with Gasteiger partial charge in [-0.2, -0.15) is 0 Å². The third kappa shape index (κ3) is 5.04. The molecule has 1 rings (SSSR count). The molecule has 0 aliphatic carbocycles. The van der Waals surface area contributed by atoms with Crippen LogP contribution >= 0.6 is 0 Å². The Morgan fingerprint density at radius 2 is 2.00 bits per heavy atom. The molecule has 5 heteroatoms. The van der Waals surface area contributed by atoms with E-state index in [9.17, 15) is 8.42 Å². The molecule has 0 amide bonds. The average molecular weight is 290 g/mol. The second-order valence-corrected chi connectivity index (χ2v) is 8.42. The first-order valence-electron chi connectivity index (χ1n) is 7.55. The Kier molecular flexibility index (Phi) is 6.27. The molecular weight excluding hydrogens is 260 g/mol. The fourth-order valence-electron chi connectivity index (χ4n) is 2.64. The molecule has 0 aromatic heterocycles. The van der Waals surface area contributed by atoms with Gasteiger partial charge in [-0.25, -0.2) is 8.42 Å². The number of rotatable bonds is 7. The largest absolute Gasteiger partial charge is 0.309 e. The van der Waals surface area contributed by atoms with Gasteiger partial charge in [0.2, 0.25) is 0 Å². The van der Waals surface area contributed by atoms with E-state index in [4.69, 9.17) is 0 Å². The van der Waals surface area contributed by atoms with Gasteiger partial charge in [-0.05, 0) is 19.8 Å². The molecule has 1 heterocycles. The summed E-state index contributed by atoms with van der Waals surface area (Å²) in [5, 5.41) is 3.63. The lowest BCUT2D eigenvalue weighted by molar-refractivity contribution is 0.0849. The zero-order chi connectivity index (χ0) is 14.5. The second-order valence-electron chi connectivity index (χ2n) is 5.94. The smallest absolute Gasteiger partial charge is 0.151 e. The van der Waals surface area contributed by atoms with Crippen LogP contribution in [0.5, 0.6) is 0 Å². The monoisotopic (exact) mass is 290 g/mol. The van der Waals surface area contributed by atoms with E-state index in [2.05, 4.69) is 31.0 Å². The summed E-state index contributed by atoms with van der Waals surface area (Å²) in [4.78, 5) is 2.39. The summed E-state index contributed by atoms with van der Waals surface area (Å²) in [6.45, 7) is 10.9. The molecule has 1 aliphatic heterocycles. The van der Waals surface area contributed by atoms with E-state index in [0.717, 1.165) is 32.4 Å². The summed E-state index contributed by atoms with van der Waals surface area (Å²) in [7, 11) is -2.86. The molecule has 114 valence electrons. The van der Waals surface area contributed by atoms with Crippen LogP contribution in [-0.2, 0) is 9.84 Å². The lowest BCUT2D eigenvalue weighted by Crippen LogP contribution is -2.63.